The monoisotopic (exact) mass is 396 g/mol. The summed E-state index contributed by atoms with van der Waals surface area (Å²) < 4.78 is 33.1. The summed E-state index contributed by atoms with van der Waals surface area (Å²) in [4.78, 5) is 13.7. The average Bonchev–Trinajstić information content (AvgIpc) is 3.11. The van der Waals surface area contributed by atoms with Crippen LogP contribution in [0.15, 0.2) is 29.2 Å². The highest BCUT2D eigenvalue weighted by atomic mass is 32.2. The topological polar surface area (TPSA) is 95.9 Å². The number of nitrogens with one attached hydrogen (secondary N) is 1. The molecule has 8 heteroatoms. The smallest absolute Gasteiger partial charge is 0.240 e. The van der Waals surface area contributed by atoms with E-state index in [2.05, 4.69) is 4.72 Å². The van der Waals surface area contributed by atoms with Crippen LogP contribution in [-0.4, -0.2) is 63.8 Å². The summed E-state index contributed by atoms with van der Waals surface area (Å²) in [5.41, 5.74) is 0.554. The molecule has 0 unspecified atom stereocenters. The highest BCUT2D eigenvalue weighted by Crippen LogP contribution is 2.29. The van der Waals surface area contributed by atoms with Gasteiger partial charge in [0.25, 0.3) is 0 Å². The maximum Gasteiger partial charge on any atom is 0.240 e. The van der Waals surface area contributed by atoms with Crippen molar-refractivity contribution in [2.45, 2.75) is 37.0 Å². The zero-order valence-corrected chi connectivity index (χ0v) is 16.3. The van der Waals surface area contributed by atoms with Crippen molar-refractivity contribution in [2.75, 3.05) is 39.5 Å². The van der Waals surface area contributed by atoms with E-state index in [1.54, 1.807) is 24.3 Å². The Bertz CT molecular complexity index is 742. The number of rotatable bonds is 8. The molecule has 3 rings (SSSR count). The van der Waals surface area contributed by atoms with E-state index in [-0.39, 0.29) is 24.0 Å². The number of aliphatic hydroxyl groups excluding tert-OH is 1. The quantitative estimate of drug-likeness (QED) is 0.681. The first-order chi connectivity index (χ1) is 12.9. The number of aliphatic hydroxyl groups is 1. The minimum Gasteiger partial charge on any atom is -0.396 e. The van der Waals surface area contributed by atoms with Crippen molar-refractivity contribution in [2.24, 2.45) is 5.41 Å². The highest BCUT2D eigenvalue weighted by Gasteiger charge is 2.33. The number of carbonyl (C=O) groups is 1. The molecule has 2 aliphatic rings. The van der Waals surface area contributed by atoms with Gasteiger partial charge in [0, 0.05) is 44.7 Å². The summed E-state index contributed by atoms with van der Waals surface area (Å²) in [6, 6.07) is 6.79. The fourth-order valence-electron chi connectivity index (χ4n) is 3.57. The standard InChI is InChI=1S/C19H28N2O5S/c22-15-19(8-12-26-13-9-19)14-20-27(24,25)17-5-3-16(4-6-17)7-11-21-10-1-2-18(21)23/h3-6,20,22H,1-2,7-15H2. The lowest BCUT2D eigenvalue weighted by molar-refractivity contribution is -0.127. The van der Waals surface area contributed by atoms with Gasteiger partial charge in [0.1, 0.15) is 0 Å². The van der Waals surface area contributed by atoms with Gasteiger partial charge >= 0.3 is 0 Å². The Hall–Kier alpha value is -1.48. The van der Waals surface area contributed by atoms with Gasteiger partial charge in [0.2, 0.25) is 15.9 Å². The number of hydrogen-bond donors (Lipinski definition) is 2. The molecule has 150 valence electrons. The van der Waals surface area contributed by atoms with Crippen LogP contribution >= 0.6 is 0 Å². The van der Waals surface area contributed by atoms with Crippen molar-refractivity contribution in [1.82, 2.24) is 9.62 Å². The summed E-state index contributed by atoms with van der Waals surface area (Å²) in [7, 11) is -3.63. The van der Waals surface area contributed by atoms with Crippen molar-refractivity contribution in [3.63, 3.8) is 0 Å². The molecule has 0 aromatic heterocycles. The Labute approximate surface area is 160 Å². The summed E-state index contributed by atoms with van der Waals surface area (Å²) in [6.45, 7) is 2.70. The molecule has 0 radical (unpaired) electrons. The summed E-state index contributed by atoms with van der Waals surface area (Å²) in [5.74, 6) is 0.198. The van der Waals surface area contributed by atoms with E-state index in [4.69, 9.17) is 4.74 Å². The van der Waals surface area contributed by atoms with Gasteiger partial charge in [-0.25, -0.2) is 13.1 Å². The maximum atomic E-state index is 12.6. The van der Waals surface area contributed by atoms with Crippen LogP contribution in [0.5, 0.6) is 0 Å². The van der Waals surface area contributed by atoms with Crippen molar-refractivity contribution in [3.05, 3.63) is 29.8 Å². The third-order valence-corrected chi connectivity index (χ3v) is 7.02. The third kappa shape index (κ3) is 5.07. The van der Waals surface area contributed by atoms with E-state index in [1.807, 2.05) is 4.90 Å². The number of ether oxygens (including phenoxy) is 1. The number of nitrogens with zero attached hydrogens (tertiary/aromatic N) is 1. The number of amides is 1. The summed E-state index contributed by atoms with van der Waals surface area (Å²) in [6.07, 6.45) is 3.54. The predicted molar refractivity (Wildman–Crippen MR) is 101 cm³/mol. The van der Waals surface area contributed by atoms with Crippen LogP contribution in [0.3, 0.4) is 0 Å². The molecule has 1 amide bonds. The zero-order valence-electron chi connectivity index (χ0n) is 15.5. The lowest BCUT2D eigenvalue weighted by atomic mass is 9.81. The largest absolute Gasteiger partial charge is 0.396 e. The van der Waals surface area contributed by atoms with Crippen LogP contribution in [0.4, 0.5) is 0 Å². The molecular formula is C19H28N2O5S. The van der Waals surface area contributed by atoms with Crippen LogP contribution < -0.4 is 4.72 Å². The Morgan fingerprint density at radius 3 is 2.48 bits per heavy atom. The van der Waals surface area contributed by atoms with Gasteiger partial charge in [-0.05, 0) is 43.4 Å². The van der Waals surface area contributed by atoms with E-state index >= 15 is 0 Å². The van der Waals surface area contributed by atoms with E-state index in [9.17, 15) is 18.3 Å². The van der Waals surface area contributed by atoms with Gasteiger partial charge < -0.3 is 14.7 Å². The Kier molecular flexibility index (Phi) is 6.52. The molecule has 2 saturated heterocycles. The Morgan fingerprint density at radius 2 is 1.89 bits per heavy atom. The van der Waals surface area contributed by atoms with E-state index in [1.165, 1.54) is 0 Å². The fourth-order valence-corrected chi connectivity index (χ4v) is 4.72. The Morgan fingerprint density at radius 1 is 1.19 bits per heavy atom. The first-order valence-corrected chi connectivity index (χ1v) is 11.0. The lowest BCUT2D eigenvalue weighted by Gasteiger charge is -2.35. The van der Waals surface area contributed by atoms with Crippen LogP contribution in [0.2, 0.25) is 0 Å². The van der Waals surface area contributed by atoms with Gasteiger partial charge in [0.15, 0.2) is 0 Å². The second-order valence-corrected chi connectivity index (χ2v) is 9.24. The molecular weight excluding hydrogens is 368 g/mol. The number of sulfonamides is 1. The highest BCUT2D eigenvalue weighted by molar-refractivity contribution is 7.89. The molecule has 2 heterocycles. The summed E-state index contributed by atoms with van der Waals surface area (Å²) >= 11 is 0. The van der Waals surface area contributed by atoms with E-state index < -0.39 is 15.4 Å². The van der Waals surface area contributed by atoms with Gasteiger partial charge in [-0.3, -0.25) is 4.79 Å². The third-order valence-electron chi connectivity index (χ3n) is 5.60. The van der Waals surface area contributed by atoms with Gasteiger partial charge in [-0.1, -0.05) is 12.1 Å². The van der Waals surface area contributed by atoms with Crippen molar-refractivity contribution in [1.29, 1.82) is 0 Å². The lowest BCUT2D eigenvalue weighted by Crippen LogP contribution is -2.43. The normalized spacial score (nSPS) is 20.2. The average molecular weight is 397 g/mol. The van der Waals surface area contributed by atoms with Crippen LogP contribution in [0.25, 0.3) is 0 Å². The second kappa shape index (κ2) is 8.68. The predicted octanol–water partition coefficient (Wildman–Crippen LogP) is 0.919. The zero-order chi connectivity index (χ0) is 19.3. The number of benzene rings is 1. The van der Waals surface area contributed by atoms with Crippen LogP contribution in [-0.2, 0) is 26.0 Å². The van der Waals surface area contributed by atoms with Gasteiger partial charge in [-0.15, -0.1) is 0 Å². The molecule has 1 aromatic carbocycles. The minimum absolute atomic E-state index is 0.0625. The molecule has 0 saturated carbocycles. The van der Waals surface area contributed by atoms with Crippen LogP contribution in [0, 0.1) is 5.41 Å². The van der Waals surface area contributed by atoms with Gasteiger partial charge in [0.05, 0.1) is 11.5 Å². The van der Waals surface area contributed by atoms with Crippen molar-refractivity contribution in [3.8, 4) is 0 Å². The molecule has 7 nitrogen and oxygen atoms in total. The molecule has 1 aromatic rings. The maximum absolute atomic E-state index is 12.6. The molecule has 2 aliphatic heterocycles. The molecule has 0 atom stereocenters. The molecule has 0 bridgehead atoms. The van der Waals surface area contributed by atoms with E-state index in [0.29, 0.717) is 45.4 Å². The Balaban J connectivity index is 1.57. The summed E-state index contributed by atoms with van der Waals surface area (Å²) in [5, 5.41) is 9.69. The number of carbonyl (C=O) groups excluding carboxylic acids is 1. The SMILES string of the molecule is O=C1CCCN1CCc1ccc(S(=O)(=O)NCC2(CO)CCOCC2)cc1. The molecule has 0 spiro atoms. The minimum atomic E-state index is -3.63. The first kappa shape index (κ1) is 20.3. The molecule has 27 heavy (non-hydrogen) atoms. The van der Waals surface area contributed by atoms with Crippen molar-refractivity contribution >= 4 is 15.9 Å². The number of likely N-dealkylation sites (tertiary alicyclic amines) is 1. The van der Waals surface area contributed by atoms with Gasteiger partial charge in [-0.2, -0.15) is 0 Å². The fraction of sp³-hybridized carbons (Fsp3) is 0.632. The van der Waals surface area contributed by atoms with E-state index in [0.717, 1.165) is 18.5 Å². The molecule has 2 fully saturated rings. The first-order valence-electron chi connectivity index (χ1n) is 9.49. The van der Waals surface area contributed by atoms with Crippen molar-refractivity contribution < 1.29 is 23.1 Å². The second-order valence-electron chi connectivity index (χ2n) is 7.47. The molecule has 2 N–H and O–H groups in total. The number of hydrogen-bond acceptors (Lipinski definition) is 5. The van der Waals surface area contributed by atoms with Crippen LogP contribution in [0.1, 0.15) is 31.2 Å². The molecule has 0 aliphatic carbocycles.